The van der Waals surface area contributed by atoms with E-state index in [4.69, 9.17) is 18.9 Å². The molecular formula is C33H35N3O4. The number of rotatable bonds is 9. The van der Waals surface area contributed by atoms with E-state index in [1.165, 1.54) is 5.56 Å². The Bertz CT molecular complexity index is 1460. The SMILES string of the molecule is COc1ccc(CCN2CN3CCc4cc(OC)c(OC)cc4C3=C(C#N)C2/C=C/c2ccccc2)cc1OC. The van der Waals surface area contributed by atoms with Gasteiger partial charge in [0.25, 0.3) is 0 Å². The number of ether oxygens (including phenoxy) is 4. The van der Waals surface area contributed by atoms with Crippen LogP contribution in [0.15, 0.2) is 72.3 Å². The summed E-state index contributed by atoms with van der Waals surface area (Å²) in [5.74, 6) is 2.81. The van der Waals surface area contributed by atoms with Crippen molar-refractivity contribution >= 4 is 11.8 Å². The predicted octanol–water partition coefficient (Wildman–Crippen LogP) is 5.41. The van der Waals surface area contributed by atoms with E-state index in [2.05, 4.69) is 46.2 Å². The second-order valence-electron chi connectivity index (χ2n) is 9.86. The van der Waals surface area contributed by atoms with Crippen molar-refractivity contribution in [3.05, 3.63) is 94.6 Å². The van der Waals surface area contributed by atoms with Crippen LogP contribution in [0, 0.1) is 11.3 Å². The molecule has 1 unspecified atom stereocenters. The molecule has 1 atom stereocenters. The zero-order valence-electron chi connectivity index (χ0n) is 23.5. The van der Waals surface area contributed by atoms with Gasteiger partial charge in [0.2, 0.25) is 0 Å². The number of hydrogen-bond acceptors (Lipinski definition) is 7. The van der Waals surface area contributed by atoms with Gasteiger partial charge in [-0.25, -0.2) is 0 Å². The molecule has 2 aliphatic heterocycles. The van der Waals surface area contributed by atoms with Crippen LogP contribution in [0.25, 0.3) is 11.8 Å². The van der Waals surface area contributed by atoms with E-state index in [9.17, 15) is 5.26 Å². The zero-order valence-corrected chi connectivity index (χ0v) is 23.5. The third kappa shape index (κ3) is 5.36. The highest BCUT2D eigenvalue weighted by molar-refractivity contribution is 5.78. The first-order valence-corrected chi connectivity index (χ1v) is 13.4. The fourth-order valence-electron chi connectivity index (χ4n) is 5.59. The Labute approximate surface area is 236 Å². The molecular weight excluding hydrogens is 502 g/mol. The molecule has 0 aliphatic carbocycles. The summed E-state index contributed by atoms with van der Waals surface area (Å²) >= 11 is 0. The number of benzene rings is 3. The van der Waals surface area contributed by atoms with Crippen molar-refractivity contribution in [3.63, 3.8) is 0 Å². The van der Waals surface area contributed by atoms with Gasteiger partial charge in [0, 0.05) is 18.7 Å². The van der Waals surface area contributed by atoms with Gasteiger partial charge in [-0.2, -0.15) is 5.26 Å². The van der Waals surface area contributed by atoms with E-state index in [1.54, 1.807) is 28.4 Å². The molecule has 2 aliphatic rings. The minimum absolute atomic E-state index is 0.185. The summed E-state index contributed by atoms with van der Waals surface area (Å²) in [5.41, 5.74) is 6.17. The molecule has 0 saturated carbocycles. The van der Waals surface area contributed by atoms with Crippen LogP contribution >= 0.6 is 0 Å². The summed E-state index contributed by atoms with van der Waals surface area (Å²) in [6.07, 6.45) is 5.94. The minimum atomic E-state index is -0.185. The minimum Gasteiger partial charge on any atom is -0.493 e. The van der Waals surface area contributed by atoms with Gasteiger partial charge in [-0.15, -0.1) is 0 Å². The fraction of sp³-hybridized carbons (Fsp3) is 0.303. The smallest absolute Gasteiger partial charge is 0.161 e. The van der Waals surface area contributed by atoms with E-state index >= 15 is 0 Å². The quantitative estimate of drug-likeness (QED) is 0.362. The Morgan fingerprint density at radius 1 is 0.875 bits per heavy atom. The Hall–Kier alpha value is -4.41. The Kier molecular flexibility index (Phi) is 8.28. The van der Waals surface area contributed by atoms with Gasteiger partial charge < -0.3 is 23.8 Å². The first-order chi connectivity index (χ1) is 19.6. The first kappa shape index (κ1) is 27.2. The van der Waals surface area contributed by atoms with Crippen molar-refractivity contribution in [2.24, 2.45) is 0 Å². The summed E-state index contributed by atoms with van der Waals surface area (Å²) < 4.78 is 22.1. The van der Waals surface area contributed by atoms with Crippen LogP contribution < -0.4 is 18.9 Å². The molecule has 7 nitrogen and oxygen atoms in total. The van der Waals surface area contributed by atoms with Gasteiger partial charge in [0.05, 0.1) is 58.5 Å². The highest BCUT2D eigenvalue weighted by Gasteiger charge is 2.36. The molecule has 206 valence electrons. The largest absolute Gasteiger partial charge is 0.493 e. The Morgan fingerprint density at radius 2 is 1.57 bits per heavy atom. The summed E-state index contributed by atoms with van der Waals surface area (Å²) in [6, 6.07) is 22.7. The topological polar surface area (TPSA) is 67.2 Å². The Morgan fingerprint density at radius 3 is 2.27 bits per heavy atom. The Balaban J connectivity index is 1.54. The summed E-state index contributed by atoms with van der Waals surface area (Å²) in [5, 5.41) is 10.6. The molecule has 5 rings (SSSR count). The lowest BCUT2D eigenvalue weighted by Crippen LogP contribution is -2.50. The second-order valence-corrected chi connectivity index (χ2v) is 9.86. The average molecular weight is 538 g/mol. The summed E-state index contributed by atoms with van der Waals surface area (Å²) in [7, 11) is 6.60. The van der Waals surface area contributed by atoms with Gasteiger partial charge in [0.15, 0.2) is 23.0 Å². The van der Waals surface area contributed by atoms with Crippen LogP contribution in [0.5, 0.6) is 23.0 Å². The van der Waals surface area contributed by atoms with Crippen LogP contribution in [0.4, 0.5) is 0 Å². The molecule has 2 heterocycles. The highest BCUT2D eigenvalue weighted by Crippen LogP contribution is 2.42. The lowest BCUT2D eigenvalue weighted by atomic mass is 9.88. The normalized spacial score (nSPS) is 16.8. The van der Waals surface area contributed by atoms with Gasteiger partial charge >= 0.3 is 0 Å². The van der Waals surface area contributed by atoms with Gasteiger partial charge in [-0.1, -0.05) is 48.6 Å². The second kappa shape index (κ2) is 12.2. The van der Waals surface area contributed by atoms with Crippen LogP contribution in [-0.4, -0.2) is 64.0 Å². The molecule has 40 heavy (non-hydrogen) atoms. The first-order valence-electron chi connectivity index (χ1n) is 13.4. The van der Waals surface area contributed by atoms with E-state index in [0.29, 0.717) is 23.9 Å². The van der Waals surface area contributed by atoms with Crippen molar-refractivity contribution in [2.75, 3.05) is 48.2 Å². The third-order valence-electron chi connectivity index (χ3n) is 7.66. The maximum Gasteiger partial charge on any atom is 0.161 e. The molecule has 3 aromatic rings. The number of hydrogen-bond donors (Lipinski definition) is 0. The van der Waals surface area contributed by atoms with Crippen molar-refractivity contribution in [1.29, 1.82) is 5.26 Å². The maximum absolute atomic E-state index is 10.6. The van der Waals surface area contributed by atoms with Crippen LogP contribution in [-0.2, 0) is 12.8 Å². The zero-order chi connectivity index (χ0) is 28.1. The summed E-state index contributed by atoms with van der Waals surface area (Å²) in [6.45, 7) is 2.31. The molecule has 0 fully saturated rings. The van der Waals surface area contributed by atoms with Crippen molar-refractivity contribution in [1.82, 2.24) is 9.80 Å². The van der Waals surface area contributed by atoms with Crippen molar-refractivity contribution in [3.8, 4) is 29.1 Å². The monoisotopic (exact) mass is 537 g/mol. The molecule has 7 heteroatoms. The van der Waals surface area contributed by atoms with Crippen LogP contribution in [0.1, 0.15) is 22.3 Å². The third-order valence-corrected chi connectivity index (χ3v) is 7.66. The molecule has 0 spiro atoms. The van der Waals surface area contributed by atoms with E-state index in [1.807, 2.05) is 42.5 Å². The lowest BCUT2D eigenvalue weighted by Gasteiger charge is -2.45. The number of nitriles is 1. The number of nitrogens with zero attached hydrogens (tertiary/aromatic N) is 3. The van der Waals surface area contributed by atoms with Crippen LogP contribution in [0.3, 0.4) is 0 Å². The van der Waals surface area contributed by atoms with Crippen LogP contribution in [0.2, 0.25) is 0 Å². The molecule has 0 amide bonds. The maximum atomic E-state index is 10.6. The fourth-order valence-corrected chi connectivity index (χ4v) is 5.59. The van der Waals surface area contributed by atoms with E-state index in [-0.39, 0.29) is 6.04 Å². The standard InChI is InChI=1S/C33H35N3O4/c1-37-29-13-11-24(18-30(29)38-2)14-16-35-22-36-17-15-25-19-31(39-3)32(40-4)20-26(25)33(36)27(21-34)28(35)12-10-23-8-6-5-7-9-23/h5-13,18-20,28H,14-17,22H2,1-4H3/b12-10+. The molecule has 0 saturated heterocycles. The summed E-state index contributed by atoms with van der Waals surface area (Å²) in [4.78, 5) is 4.71. The van der Waals surface area contributed by atoms with E-state index in [0.717, 1.165) is 59.6 Å². The number of methoxy groups -OCH3 is 4. The highest BCUT2D eigenvalue weighted by atomic mass is 16.5. The number of fused-ring (bicyclic) bond motifs is 3. The molecule has 0 bridgehead atoms. The average Bonchev–Trinajstić information content (AvgIpc) is 3.01. The van der Waals surface area contributed by atoms with Crippen molar-refractivity contribution < 1.29 is 18.9 Å². The van der Waals surface area contributed by atoms with Gasteiger partial charge in [-0.3, -0.25) is 4.90 Å². The van der Waals surface area contributed by atoms with Gasteiger partial charge in [-0.05, 0) is 53.8 Å². The van der Waals surface area contributed by atoms with Gasteiger partial charge in [0.1, 0.15) is 0 Å². The lowest BCUT2D eigenvalue weighted by molar-refractivity contribution is 0.147. The molecule has 3 aromatic carbocycles. The van der Waals surface area contributed by atoms with Crippen molar-refractivity contribution in [2.45, 2.75) is 18.9 Å². The molecule has 0 aromatic heterocycles. The molecule has 0 N–H and O–H groups in total. The predicted molar refractivity (Wildman–Crippen MR) is 157 cm³/mol. The molecule has 0 radical (unpaired) electrons. The van der Waals surface area contributed by atoms with E-state index < -0.39 is 0 Å².